The number of rotatable bonds is 2. The van der Waals surface area contributed by atoms with Gasteiger partial charge in [-0.05, 0) is 18.2 Å². The highest BCUT2D eigenvalue weighted by Crippen LogP contribution is 2.40. The van der Waals surface area contributed by atoms with E-state index in [0.29, 0.717) is 6.07 Å². The molecule has 0 saturated heterocycles. The molecule has 108 valence electrons. The van der Waals surface area contributed by atoms with Crippen LogP contribution in [0.4, 0.5) is 35.1 Å². The summed E-state index contributed by atoms with van der Waals surface area (Å²) in [4.78, 5) is 0. The van der Waals surface area contributed by atoms with Crippen molar-refractivity contribution in [3.8, 4) is 5.75 Å². The molecule has 0 aliphatic carbocycles. The van der Waals surface area contributed by atoms with Crippen molar-refractivity contribution in [3.63, 3.8) is 0 Å². The highest BCUT2D eigenvalue weighted by atomic mass is 35.5. The van der Waals surface area contributed by atoms with E-state index in [1.165, 1.54) is 0 Å². The summed E-state index contributed by atoms with van der Waals surface area (Å²) in [5, 5.41) is -1.05. The van der Waals surface area contributed by atoms with E-state index in [0.717, 1.165) is 0 Å². The standard InChI is InChI=1S/C9H3ClF8O/c10-6-3-4(1-2-5(6)7(11,12)13)19-9(17,18)8(14,15)16/h1-3H. The Morgan fingerprint density at radius 1 is 0.895 bits per heavy atom. The molecule has 0 N–H and O–H groups in total. The molecule has 1 nitrogen and oxygen atoms in total. The molecule has 0 amide bonds. The third-order valence-electron chi connectivity index (χ3n) is 1.82. The zero-order chi connectivity index (χ0) is 15.1. The lowest BCUT2D eigenvalue weighted by atomic mass is 10.2. The van der Waals surface area contributed by atoms with Gasteiger partial charge >= 0.3 is 18.5 Å². The number of halogens is 9. The van der Waals surface area contributed by atoms with Crippen LogP contribution in [0.15, 0.2) is 18.2 Å². The quantitative estimate of drug-likeness (QED) is 0.706. The average Bonchev–Trinajstić information content (AvgIpc) is 2.12. The van der Waals surface area contributed by atoms with Gasteiger partial charge in [-0.1, -0.05) is 11.6 Å². The summed E-state index contributed by atoms with van der Waals surface area (Å²) >= 11 is 5.13. The Morgan fingerprint density at radius 2 is 1.42 bits per heavy atom. The Bertz CT molecular complexity index is 464. The fourth-order valence-electron chi connectivity index (χ4n) is 0.995. The van der Waals surface area contributed by atoms with E-state index in [9.17, 15) is 35.1 Å². The molecule has 0 spiro atoms. The lowest BCUT2D eigenvalue weighted by Crippen LogP contribution is -2.41. The van der Waals surface area contributed by atoms with E-state index in [2.05, 4.69) is 4.74 Å². The predicted molar refractivity (Wildman–Crippen MR) is 48.1 cm³/mol. The highest BCUT2D eigenvalue weighted by molar-refractivity contribution is 6.31. The lowest BCUT2D eigenvalue weighted by Gasteiger charge is -2.20. The molecule has 0 bridgehead atoms. The van der Waals surface area contributed by atoms with Crippen molar-refractivity contribution in [2.45, 2.75) is 18.5 Å². The molecule has 0 saturated carbocycles. The van der Waals surface area contributed by atoms with Gasteiger partial charge in [0.2, 0.25) is 0 Å². The summed E-state index contributed by atoms with van der Waals surface area (Å²) in [6.45, 7) is 0. The van der Waals surface area contributed by atoms with Crippen molar-refractivity contribution >= 4 is 11.6 Å². The Hall–Kier alpha value is -1.25. The SMILES string of the molecule is FC(F)(F)c1ccc(OC(F)(F)C(F)(F)F)cc1Cl. The van der Waals surface area contributed by atoms with Crippen LogP contribution in [0, 0.1) is 0 Å². The molecule has 0 unspecified atom stereocenters. The van der Waals surface area contributed by atoms with E-state index >= 15 is 0 Å². The van der Waals surface area contributed by atoms with Gasteiger partial charge in [-0.25, -0.2) is 0 Å². The van der Waals surface area contributed by atoms with Crippen molar-refractivity contribution in [1.29, 1.82) is 0 Å². The van der Waals surface area contributed by atoms with E-state index < -0.39 is 34.8 Å². The highest BCUT2D eigenvalue weighted by Gasteiger charge is 2.61. The third-order valence-corrected chi connectivity index (χ3v) is 2.13. The molecule has 0 atom stereocenters. The van der Waals surface area contributed by atoms with Crippen LogP contribution in [0.5, 0.6) is 5.75 Å². The second-order valence-electron chi connectivity index (χ2n) is 3.26. The maximum absolute atomic E-state index is 12.5. The molecule has 1 aromatic carbocycles. The topological polar surface area (TPSA) is 9.23 Å². The molecular weight excluding hydrogens is 312 g/mol. The molecule has 1 aromatic rings. The van der Waals surface area contributed by atoms with E-state index in [-0.39, 0.29) is 12.1 Å². The third kappa shape index (κ3) is 3.62. The predicted octanol–water partition coefficient (Wildman–Crippen LogP) is 4.89. The van der Waals surface area contributed by atoms with Crippen molar-refractivity contribution < 1.29 is 39.9 Å². The zero-order valence-corrected chi connectivity index (χ0v) is 9.30. The van der Waals surface area contributed by atoms with E-state index in [1.807, 2.05) is 0 Å². The first-order valence-corrected chi connectivity index (χ1v) is 4.73. The van der Waals surface area contributed by atoms with E-state index in [4.69, 9.17) is 11.6 Å². The maximum Gasteiger partial charge on any atom is 0.499 e. The Labute approximate surface area is 105 Å². The number of benzene rings is 1. The Kier molecular flexibility index (Phi) is 3.91. The van der Waals surface area contributed by atoms with Gasteiger partial charge in [0.25, 0.3) is 0 Å². The van der Waals surface area contributed by atoms with Gasteiger partial charge in [-0.15, -0.1) is 0 Å². The van der Waals surface area contributed by atoms with Crippen molar-refractivity contribution in [3.05, 3.63) is 28.8 Å². The van der Waals surface area contributed by atoms with Crippen LogP contribution in [-0.2, 0) is 6.18 Å². The molecule has 0 aromatic heterocycles. The van der Waals surface area contributed by atoms with Gasteiger partial charge in [0.15, 0.2) is 0 Å². The van der Waals surface area contributed by atoms with Crippen LogP contribution in [0.25, 0.3) is 0 Å². The van der Waals surface area contributed by atoms with Crippen LogP contribution >= 0.6 is 11.6 Å². The van der Waals surface area contributed by atoms with Gasteiger partial charge in [0, 0.05) is 0 Å². The van der Waals surface area contributed by atoms with E-state index in [1.54, 1.807) is 0 Å². The smallest absolute Gasteiger partial charge is 0.426 e. The molecule has 19 heavy (non-hydrogen) atoms. The molecule has 1 rings (SSSR count). The molecular formula is C9H3ClF8O. The fraction of sp³-hybridized carbons (Fsp3) is 0.333. The summed E-state index contributed by atoms with van der Waals surface area (Å²) in [5.74, 6) is -1.14. The van der Waals surface area contributed by atoms with Crippen molar-refractivity contribution in [2.24, 2.45) is 0 Å². The summed E-state index contributed by atoms with van der Waals surface area (Å²) in [6, 6.07) is 0.780. The summed E-state index contributed by atoms with van der Waals surface area (Å²) < 4.78 is 100. The minimum absolute atomic E-state index is 0.226. The van der Waals surface area contributed by atoms with Crippen LogP contribution in [0.3, 0.4) is 0 Å². The van der Waals surface area contributed by atoms with Crippen molar-refractivity contribution in [2.75, 3.05) is 0 Å². The van der Waals surface area contributed by atoms with Crippen molar-refractivity contribution in [1.82, 2.24) is 0 Å². The minimum atomic E-state index is -6.00. The van der Waals surface area contributed by atoms with Gasteiger partial charge in [-0.2, -0.15) is 35.1 Å². The zero-order valence-electron chi connectivity index (χ0n) is 8.54. The van der Waals surface area contributed by atoms with Crippen LogP contribution in [0.1, 0.15) is 5.56 Å². The summed E-state index contributed by atoms with van der Waals surface area (Å²) in [7, 11) is 0. The molecule has 0 heterocycles. The lowest BCUT2D eigenvalue weighted by molar-refractivity contribution is -0.360. The molecule has 0 aliphatic rings. The van der Waals surface area contributed by atoms with Gasteiger partial charge in [0.1, 0.15) is 5.75 Å². The molecule has 0 aliphatic heterocycles. The molecule has 10 heteroatoms. The molecule has 0 fully saturated rings. The van der Waals surface area contributed by atoms with Crippen LogP contribution in [-0.4, -0.2) is 12.3 Å². The number of ether oxygens (including phenoxy) is 1. The Morgan fingerprint density at radius 3 is 1.79 bits per heavy atom. The summed E-state index contributed by atoms with van der Waals surface area (Å²) in [6.07, 6.45) is -16.4. The van der Waals surface area contributed by atoms with Crippen LogP contribution < -0.4 is 4.74 Å². The van der Waals surface area contributed by atoms with Gasteiger partial charge in [0.05, 0.1) is 10.6 Å². The minimum Gasteiger partial charge on any atom is -0.426 e. The normalized spacial score (nSPS) is 13.5. The molecule has 0 radical (unpaired) electrons. The average molecular weight is 315 g/mol. The van der Waals surface area contributed by atoms with Gasteiger partial charge in [-0.3, -0.25) is 0 Å². The van der Waals surface area contributed by atoms with Crippen LogP contribution in [0.2, 0.25) is 5.02 Å². The number of hydrogen-bond donors (Lipinski definition) is 0. The second-order valence-corrected chi connectivity index (χ2v) is 3.66. The fourth-order valence-corrected chi connectivity index (χ4v) is 1.27. The summed E-state index contributed by atoms with van der Waals surface area (Å²) in [5.41, 5.74) is -1.38. The first-order chi connectivity index (χ1) is 8.34. The number of hydrogen-bond acceptors (Lipinski definition) is 1. The van der Waals surface area contributed by atoms with Gasteiger partial charge < -0.3 is 4.74 Å². The first-order valence-electron chi connectivity index (χ1n) is 4.35. The Balaban J connectivity index is 3.04. The monoisotopic (exact) mass is 314 g/mol. The first kappa shape index (κ1) is 15.8. The maximum atomic E-state index is 12.5. The second kappa shape index (κ2) is 4.69. The number of alkyl halides is 8. The largest absolute Gasteiger partial charge is 0.499 e.